The Balaban J connectivity index is 2.13. The maximum Gasteiger partial charge on any atom is 0.131 e. The second kappa shape index (κ2) is 7.16. The van der Waals surface area contributed by atoms with Gasteiger partial charge in [0.05, 0.1) is 0 Å². The van der Waals surface area contributed by atoms with Crippen LogP contribution >= 0.6 is 0 Å². The van der Waals surface area contributed by atoms with E-state index < -0.39 is 0 Å². The van der Waals surface area contributed by atoms with E-state index in [-0.39, 0.29) is 0 Å². The maximum absolute atomic E-state index is 4.83. The van der Waals surface area contributed by atoms with Crippen LogP contribution in [0.5, 0.6) is 0 Å². The van der Waals surface area contributed by atoms with Gasteiger partial charge in [0.25, 0.3) is 0 Å². The molecule has 20 heavy (non-hydrogen) atoms. The van der Waals surface area contributed by atoms with Crippen LogP contribution in [0.3, 0.4) is 0 Å². The lowest BCUT2D eigenvalue weighted by atomic mass is 9.97. The van der Waals surface area contributed by atoms with Crippen molar-refractivity contribution in [3.8, 4) is 0 Å². The summed E-state index contributed by atoms with van der Waals surface area (Å²) < 4.78 is 0. The average Bonchev–Trinajstić information content (AvgIpc) is 2.92. The van der Waals surface area contributed by atoms with Crippen molar-refractivity contribution in [3.05, 3.63) is 22.8 Å². The first-order chi connectivity index (χ1) is 9.63. The molecular weight excluding hydrogens is 246 g/mol. The van der Waals surface area contributed by atoms with Crippen LogP contribution in [0.25, 0.3) is 0 Å². The van der Waals surface area contributed by atoms with Crippen LogP contribution in [0, 0.1) is 13.8 Å². The minimum Gasteiger partial charge on any atom is -0.316 e. The Morgan fingerprint density at radius 3 is 2.30 bits per heavy atom. The third-order valence-corrected chi connectivity index (χ3v) is 4.43. The fourth-order valence-electron chi connectivity index (χ4n) is 3.43. The van der Waals surface area contributed by atoms with E-state index in [2.05, 4.69) is 33.0 Å². The number of aromatic nitrogens is 2. The molecule has 1 saturated carbocycles. The highest BCUT2D eigenvalue weighted by atomic mass is 14.9. The monoisotopic (exact) mass is 275 g/mol. The summed E-state index contributed by atoms with van der Waals surface area (Å²) in [5.41, 5.74) is 3.71. The number of nitrogens with one attached hydrogen (secondary N) is 1. The number of hydrogen-bond acceptors (Lipinski definition) is 3. The minimum atomic E-state index is 0.485. The molecular formula is C17H29N3. The Hall–Kier alpha value is -0.960. The lowest BCUT2D eigenvalue weighted by Gasteiger charge is -2.19. The van der Waals surface area contributed by atoms with Crippen molar-refractivity contribution < 1.29 is 0 Å². The molecule has 1 aromatic heterocycles. The zero-order chi connectivity index (χ0) is 14.5. The van der Waals surface area contributed by atoms with E-state index in [1.54, 1.807) is 0 Å². The van der Waals surface area contributed by atoms with Crippen molar-refractivity contribution in [2.24, 2.45) is 0 Å². The van der Waals surface area contributed by atoms with Crippen LogP contribution < -0.4 is 5.32 Å². The van der Waals surface area contributed by atoms with Crippen LogP contribution in [0.15, 0.2) is 0 Å². The molecule has 2 rings (SSSR count). The molecule has 0 aromatic carbocycles. The largest absolute Gasteiger partial charge is 0.316 e. The predicted molar refractivity (Wildman–Crippen MR) is 84.3 cm³/mol. The lowest BCUT2D eigenvalue weighted by molar-refractivity contribution is 0.593. The molecule has 0 amide bonds. The van der Waals surface area contributed by atoms with Crippen LogP contribution in [0.1, 0.15) is 80.6 Å². The molecule has 1 aromatic rings. The van der Waals surface area contributed by atoms with Crippen LogP contribution in [-0.4, -0.2) is 23.1 Å². The molecule has 0 aliphatic heterocycles. The summed E-state index contributed by atoms with van der Waals surface area (Å²) in [7, 11) is 0. The van der Waals surface area contributed by atoms with Crippen molar-refractivity contribution >= 4 is 0 Å². The Morgan fingerprint density at radius 1 is 1.15 bits per heavy atom. The van der Waals surface area contributed by atoms with Gasteiger partial charge in [-0.2, -0.15) is 0 Å². The van der Waals surface area contributed by atoms with Gasteiger partial charge in [0.2, 0.25) is 0 Å². The number of rotatable bonds is 6. The van der Waals surface area contributed by atoms with E-state index in [4.69, 9.17) is 9.97 Å². The number of nitrogens with zero attached hydrogens (tertiary/aromatic N) is 2. The standard InChI is InChI=1S/C17H29N3/c1-5-10-18-11-12(2)16-13(3)19-17(20-14(16)4)15-8-6-7-9-15/h12,15,18H,5-11H2,1-4H3. The first-order valence-corrected chi connectivity index (χ1v) is 8.19. The quantitative estimate of drug-likeness (QED) is 0.801. The Kier molecular flexibility index (Phi) is 5.53. The highest BCUT2D eigenvalue weighted by molar-refractivity contribution is 5.29. The molecule has 1 aliphatic carbocycles. The fourth-order valence-corrected chi connectivity index (χ4v) is 3.43. The van der Waals surface area contributed by atoms with E-state index in [1.165, 1.54) is 49.1 Å². The van der Waals surface area contributed by atoms with Gasteiger partial charge in [-0.3, -0.25) is 0 Å². The summed E-state index contributed by atoms with van der Waals surface area (Å²) in [6, 6.07) is 0. The van der Waals surface area contributed by atoms with Crippen LogP contribution in [0.2, 0.25) is 0 Å². The highest BCUT2D eigenvalue weighted by Gasteiger charge is 2.22. The van der Waals surface area contributed by atoms with Gasteiger partial charge >= 0.3 is 0 Å². The first kappa shape index (κ1) is 15.4. The Morgan fingerprint density at radius 2 is 1.75 bits per heavy atom. The van der Waals surface area contributed by atoms with Gasteiger partial charge in [0.1, 0.15) is 5.82 Å². The van der Waals surface area contributed by atoms with Crippen LogP contribution in [-0.2, 0) is 0 Å². The zero-order valence-corrected chi connectivity index (χ0v) is 13.5. The van der Waals surface area contributed by atoms with E-state index in [1.807, 2.05) is 0 Å². The van der Waals surface area contributed by atoms with Crippen molar-refractivity contribution in [2.75, 3.05) is 13.1 Å². The molecule has 0 radical (unpaired) electrons. The molecule has 1 atom stereocenters. The second-order valence-electron chi connectivity index (χ2n) is 6.25. The maximum atomic E-state index is 4.83. The molecule has 3 heteroatoms. The first-order valence-electron chi connectivity index (χ1n) is 8.19. The normalized spacial score (nSPS) is 17.6. The van der Waals surface area contributed by atoms with Crippen molar-refractivity contribution in [1.82, 2.24) is 15.3 Å². The smallest absolute Gasteiger partial charge is 0.131 e. The Labute approximate surface area is 123 Å². The third kappa shape index (κ3) is 3.57. The molecule has 1 unspecified atom stereocenters. The highest BCUT2D eigenvalue weighted by Crippen LogP contribution is 2.33. The average molecular weight is 275 g/mol. The summed E-state index contributed by atoms with van der Waals surface area (Å²) in [6.07, 6.45) is 6.40. The van der Waals surface area contributed by atoms with E-state index in [0.29, 0.717) is 11.8 Å². The topological polar surface area (TPSA) is 37.8 Å². The summed E-state index contributed by atoms with van der Waals surface area (Å²) in [5, 5.41) is 3.50. The molecule has 0 spiro atoms. The van der Waals surface area contributed by atoms with Crippen molar-refractivity contribution in [3.63, 3.8) is 0 Å². The van der Waals surface area contributed by atoms with Gasteiger partial charge in [0.15, 0.2) is 0 Å². The molecule has 112 valence electrons. The number of aryl methyl sites for hydroxylation is 2. The predicted octanol–water partition coefficient (Wildman–Crippen LogP) is 3.85. The van der Waals surface area contributed by atoms with E-state index in [0.717, 1.165) is 18.9 Å². The number of hydrogen-bond donors (Lipinski definition) is 1. The van der Waals surface area contributed by atoms with Crippen LogP contribution in [0.4, 0.5) is 0 Å². The second-order valence-corrected chi connectivity index (χ2v) is 6.25. The van der Waals surface area contributed by atoms with Gasteiger partial charge in [0, 0.05) is 23.9 Å². The van der Waals surface area contributed by atoms with Gasteiger partial charge in [-0.1, -0.05) is 26.7 Å². The summed E-state index contributed by atoms with van der Waals surface area (Å²) in [4.78, 5) is 9.65. The summed E-state index contributed by atoms with van der Waals surface area (Å²) in [5.74, 6) is 2.18. The molecule has 1 heterocycles. The molecule has 0 bridgehead atoms. The van der Waals surface area contributed by atoms with Gasteiger partial charge in [-0.15, -0.1) is 0 Å². The fraction of sp³-hybridized carbons (Fsp3) is 0.765. The lowest BCUT2D eigenvalue weighted by Crippen LogP contribution is -2.22. The molecule has 0 saturated heterocycles. The van der Waals surface area contributed by atoms with Crippen molar-refractivity contribution in [1.29, 1.82) is 0 Å². The Bertz CT molecular complexity index is 413. The minimum absolute atomic E-state index is 0.485. The third-order valence-electron chi connectivity index (χ3n) is 4.43. The van der Waals surface area contributed by atoms with Gasteiger partial charge < -0.3 is 5.32 Å². The SMILES string of the molecule is CCCNCC(C)c1c(C)nc(C2CCCC2)nc1C. The summed E-state index contributed by atoms with van der Waals surface area (Å²) >= 11 is 0. The molecule has 3 nitrogen and oxygen atoms in total. The summed E-state index contributed by atoms with van der Waals surface area (Å²) in [6.45, 7) is 10.9. The van der Waals surface area contributed by atoms with Crippen molar-refractivity contribution in [2.45, 2.75) is 71.6 Å². The van der Waals surface area contributed by atoms with Gasteiger partial charge in [-0.25, -0.2) is 9.97 Å². The van der Waals surface area contributed by atoms with Gasteiger partial charge in [-0.05, 0) is 51.1 Å². The molecule has 1 N–H and O–H groups in total. The molecule has 1 fully saturated rings. The van der Waals surface area contributed by atoms with E-state index in [9.17, 15) is 0 Å². The zero-order valence-electron chi connectivity index (χ0n) is 13.5. The van der Waals surface area contributed by atoms with E-state index >= 15 is 0 Å². The molecule has 1 aliphatic rings.